The molecule has 2 saturated heterocycles. The fourth-order valence-electron chi connectivity index (χ4n) is 2.37. The summed E-state index contributed by atoms with van der Waals surface area (Å²) in [7, 11) is 0. The molecule has 0 radical (unpaired) electrons. The lowest BCUT2D eigenvalue weighted by Crippen LogP contribution is -2.45. The SMILES string of the molecule is OC1CCCN(C2CCSCC2)C1. The summed E-state index contributed by atoms with van der Waals surface area (Å²) in [5.41, 5.74) is 0. The van der Waals surface area contributed by atoms with Gasteiger partial charge in [0.15, 0.2) is 0 Å². The van der Waals surface area contributed by atoms with Crippen LogP contribution in [-0.4, -0.2) is 46.7 Å². The molecule has 1 unspecified atom stereocenters. The number of likely N-dealkylation sites (tertiary alicyclic amines) is 1. The Bertz CT molecular complexity index is 159. The van der Waals surface area contributed by atoms with Gasteiger partial charge < -0.3 is 5.11 Å². The summed E-state index contributed by atoms with van der Waals surface area (Å²) < 4.78 is 0. The van der Waals surface area contributed by atoms with Crippen LogP contribution < -0.4 is 0 Å². The van der Waals surface area contributed by atoms with Crippen molar-refractivity contribution in [2.45, 2.75) is 37.8 Å². The molecule has 13 heavy (non-hydrogen) atoms. The van der Waals surface area contributed by atoms with Crippen molar-refractivity contribution in [1.29, 1.82) is 0 Å². The summed E-state index contributed by atoms with van der Waals surface area (Å²) in [4.78, 5) is 2.51. The molecule has 0 saturated carbocycles. The summed E-state index contributed by atoms with van der Waals surface area (Å²) >= 11 is 2.07. The average molecular weight is 201 g/mol. The van der Waals surface area contributed by atoms with E-state index in [1.165, 1.54) is 37.3 Å². The highest BCUT2D eigenvalue weighted by Gasteiger charge is 2.25. The Labute approximate surface area is 84.7 Å². The Hall–Kier alpha value is 0.270. The molecular formula is C10H19NOS. The zero-order chi connectivity index (χ0) is 9.10. The van der Waals surface area contributed by atoms with Crippen LogP contribution in [0, 0.1) is 0 Å². The van der Waals surface area contributed by atoms with Crippen LogP contribution in [0.25, 0.3) is 0 Å². The molecule has 1 atom stereocenters. The lowest BCUT2D eigenvalue weighted by molar-refractivity contribution is 0.0441. The maximum absolute atomic E-state index is 9.56. The first-order valence-corrected chi connectivity index (χ1v) is 6.51. The first-order chi connectivity index (χ1) is 6.36. The molecule has 0 amide bonds. The van der Waals surface area contributed by atoms with E-state index in [1.54, 1.807) is 0 Å². The second-order valence-electron chi connectivity index (χ2n) is 4.13. The smallest absolute Gasteiger partial charge is 0.0667 e. The van der Waals surface area contributed by atoms with Crippen LogP contribution in [0.3, 0.4) is 0 Å². The molecule has 0 bridgehead atoms. The molecule has 2 aliphatic rings. The number of aliphatic hydroxyl groups excluding tert-OH is 1. The number of piperidine rings is 1. The molecule has 0 aromatic rings. The predicted molar refractivity (Wildman–Crippen MR) is 57.2 cm³/mol. The Morgan fingerprint density at radius 3 is 2.62 bits per heavy atom. The van der Waals surface area contributed by atoms with E-state index in [0.29, 0.717) is 0 Å². The molecule has 2 rings (SSSR count). The van der Waals surface area contributed by atoms with Crippen molar-refractivity contribution in [1.82, 2.24) is 4.90 Å². The first kappa shape index (κ1) is 9.81. The zero-order valence-electron chi connectivity index (χ0n) is 8.11. The van der Waals surface area contributed by atoms with Crippen molar-refractivity contribution in [2.75, 3.05) is 24.6 Å². The van der Waals surface area contributed by atoms with Gasteiger partial charge in [0.25, 0.3) is 0 Å². The zero-order valence-corrected chi connectivity index (χ0v) is 8.93. The van der Waals surface area contributed by atoms with Crippen molar-refractivity contribution in [3.05, 3.63) is 0 Å². The Morgan fingerprint density at radius 2 is 1.92 bits per heavy atom. The molecule has 0 aromatic heterocycles. The molecule has 2 aliphatic heterocycles. The quantitative estimate of drug-likeness (QED) is 0.692. The van der Waals surface area contributed by atoms with Gasteiger partial charge in [0.2, 0.25) is 0 Å². The van der Waals surface area contributed by atoms with E-state index < -0.39 is 0 Å². The van der Waals surface area contributed by atoms with E-state index in [9.17, 15) is 5.11 Å². The Kier molecular flexibility index (Phi) is 3.52. The van der Waals surface area contributed by atoms with Gasteiger partial charge in [-0.25, -0.2) is 0 Å². The lowest BCUT2D eigenvalue weighted by Gasteiger charge is -2.38. The average Bonchev–Trinajstić information content (AvgIpc) is 2.19. The summed E-state index contributed by atoms with van der Waals surface area (Å²) in [5, 5.41) is 9.56. The highest BCUT2D eigenvalue weighted by Crippen LogP contribution is 2.24. The van der Waals surface area contributed by atoms with E-state index in [0.717, 1.165) is 19.0 Å². The minimum absolute atomic E-state index is 0.0525. The molecule has 0 aromatic carbocycles. The molecule has 0 spiro atoms. The second-order valence-corrected chi connectivity index (χ2v) is 5.36. The Morgan fingerprint density at radius 1 is 1.15 bits per heavy atom. The largest absolute Gasteiger partial charge is 0.392 e. The number of β-amino-alcohol motifs (C(OH)–C–C–N with tert-alkyl or cyclic N) is 1. The summed E-state index contributed by atoms with van der Waals surface area (Å²) in [6.07, 6.45) is 4.81. The number of hydrogen-bond donors (Lipinski definition) is 1. The lowest BCUT2D eigenvalue weighted by atomic mass is 10.0. The van der Waals surface area contributed by atoms with Crippen LogP contribution >= 0.6 is 11.8 Å². The van der Waals surface area contributed by atoms with Crippen LogP contribution in [0.1, 0.15) is 25.7 Å². The van der Waals surface area contributed by atoms with Gasteiger partial charge in [-0.1, -0.05) is 0 Å². The minimum atomic E-state index is -0.0525. The number of aliphatic hydroxyl groups is 1. The molecule has 76 valence electrons. The van der Waals surface area contributed by atoms with Crippen LogP contribution in [0.4, 0.5) is 0 Å². The molecule has 2 nitrogen and oxygen atoms in total. The van der Waals surface area contributed by atoms with E-state index in [4.69, 9.17) is 0 Å². The predicted octanol–water partition coefficient (Wildman–Crippen LogP) is 1.34. The number of hydrogen-bond acceptors (Lipinski definition) is 3. The number of nitrogens with zero attached hydrogens (tertiary/aromatic N) is 1. The van der Waals surface area contributed by atoms with Gasteiger partial charge in [-0.05, 0) is 43.7 Å². The van der Waals surface area contributed by atoms with Crippen molar-refractivity contribution < 1.29 is 5.11 Å². The van der Waals surface area contributed by atoms with Gasteiger partial charge in [-0.15, -0.1) is 0 Å². The van der Waals surface area contributed by atoms with Crippen molar-refractivity contribution in [2.24, 2.45) is 0 Å². The minimum Gasteiger partial charge on any atom is -0.392 e. The first-order valence-electron chi connectivity index (χ1n) is 5.36. The van der Waals surface area contributed by atoms with Gasteiger partial charge in [-0.3, -0.25) is 4.90 Å². The molecule has 0 aliphatic carbocycles. The van der Waals surface area contributed by atoms with Crippen molar-refractivity contribution in [3.8, 4) is 0 Å². The molecular weight excluding hydrogens is 182 g/mol. The Balaban J connectivity index is 1.83. The van der Waals surface area contributed by atoms with E-state index >= 15 is 0 Å². The summed E-state index contributed by atoms with van der Waals surface area (Å²) in [5.74, 6) is 2.63. The maximum Gasteiger partial charge on any atom is 0.0667 e. The topological polar surface area (TPSA) is 23.5 Å². The van der Waals surface area contributed by atoms with Gasteiger partial charge >= 0.3 is 0 Å². The molecule has 2 fully saturated rings. The van der Waals surface area contributed by atoms with Crippen LogP contribution in [0.15, 0.2) is 0 Å². The maximum atomic E-state index is 9.56. The van der Waals surface area contributed by atoms with E-state index in [-0.39, 0.29) is 6.10 Å². The molecule has 1 N–H and O–H groups in total. The third kappa shape index (κ3) is 2.61. The monoisotopic (exact) mass is 201 g/mol. The van der Waals surface area contributed by atoms with E-state index in [1.807, 2.05) is 0 Å². The second kappa shape index (κ2) is 4.67. The van der Waals surface area contributed by atoms with Gasteiger partial charge in [0.05, 0.1) is 6.10 Å². The third-order valence-electron chi connectivity index (χ3n) is 3.14. The highest BCUT2D eigenvalue weighted by atomic mass is 32.2. The van der Waals surface area contributed by atoms with Gasteiger partial charge in [-0.2, -0.15) is 11.8 Å². The standard InChI is InChI=1S/C10H19NOS/c12-10-2-1-5-11(8-10)9-3-6-13-7-4-9/h9-10,12H,1-8H2. The van der Waals surface area contributed by atoms with Crippen molar-refractivity contribution in [3.63, 3.8) is 0 Å². The number of thioether (sulfide) groups is 1. The highest BCUT2D eigenvalue weighted by molar-refractivity contribution is 7.99. The normalized spacial score (nSPS) is 33.5. The van der Waals surface area contributed by atoms with Gasteiger partial charge in [0.1, 0.15) is 0 Å². The van der Waals surface area contributed by atoms with Crippen molar-refractivity contribution >= 4 is 11.8 Å². The van der Waals surface area contributed by atoms with Crippen LogP contribution in [-0.2, 0) is 0 Å². The van der Waals surface area contributed by atoms with Crippen LogP contribution in [0.5, 0.6) is 0 Å². The summed E-state index contributed by atoms with van der Waals surface area (Å²) in [6, 6.07) is 0.774. The fraction of sp³-hybridized carbons (Fsp3) is 1.00. The summed E-state index contributed by atoms with van der Waals surface area (Å²) in [6.45, 7) is 2.14. The number of rotatable bonds is 1. The fourth-order valence-corrected chi connectivity index (χ4v) is 3.45. The molecule has 2 heterocycles. The third-order valence-corrected chi connectivity index (χ3v) is 4.18. The van der Waals surface area contributed by atoms with Crippen LogP contribution in [0.2, 0.25) is 0 Å². The van der Waals surface area contributed by atoms with Gasteiger partial charge in [0, 0.05) is 12.6 Å². The van der Waals surface area contributed by atoms with E-state index in [2.05, 4.69) is 16.7 Å². The molecule has 3 heteroatoms.